The molecule has 3 nitrogen and oxygen atoms in total. The monoisotopic (exact) mass is 261 g/mol. The van der Waals surface area contributed by atoms with E-state index in [1.54, 1.807) is 0 Å². The van der Waals surface area contributed by atoms with Crippen molar-refractivity contribution in [2.45, 2.75) is 58.9 Å². The molecule has 0 unspecified atom stereocenters. The van der Waals surface area contributed by atoms with Crippen LogP contribution in [0.2, 0.25) is 0 Å². The van der Waals surface area contributed by atoms with Crippen LogP contribution in [0.3, 0.4) is 0 Å². The summed E-state index contributed by atoms with van der Waals surface area (Å²) >= 11 is 0. The lowest BCUT2D eigenvalue weighted by atomic mass is 9.77. The van der Waals surface area contributed by atoms with Crippen molar-refractivity contribution in [3.8, 4) is 0 Å². The van der Waals surface area contributed by atoms with Gasteiger partial charge in [0.15, 0.2) is 0 Å². The average molecular weight is 261 g/mol. The number of hydrogen-bond acceptors (Lipinski definition) is 3. The molecule has 0 aromatic carbocycles. The Bertz CT molecular complexity index is 364. The second-order valence-electron chi connectivity index (χ2n) is 6.09. The zero-order chi connectivity index (χ0) is 13.7. The predicted octanol–water partition coefficient (Wildman–Crippen LogP) is 3.52. The van der Waals surface area contributed by atoms with Gasteiger partial charge in [-0.3, -0.25) is 0 Å². The molecule has 0 bridgehead atoms. The van der Waals surface area contributed by atoms with E-state index < -0.39 is 0 Å². The third-order valence-electron chi connectivity index (χ3n) is 4.38. The molecule has 106 valence electrons. The second kappa shape index (κ2) is 6.99. The van der Waals surface area contributed by atoms with Crippen molar-refractivity contribution < 1.29 is 0 Å². The van der Waals surface area contributed by atoms with Gasteiger partial charge >= 0.3 is 0 Å². The number of rotatable bonds is 5. The quantitative estimate of drug-likeness (QED) is 0.881. The molecule has 1 N–H and O–H groups in total. The van der Waals surface area contributed by atoms with Crippen molar-refractivity contribution >= 4 is 0 Å². The van der Waals surface area contributed by atoms with E-state index in [1.165, 1.54) is 31.2 Å². The van der Waals surface area contributed by atoms with Crippen LogP contribution in [0.25, 0.3) is 0 Å². The topological polar surface area (TPSA) is 37.8 Å². The Hall–Kier alpha value is -0.960. The molecule has 0 spiro atoms. The predicted molar refractivity (Wildman–Crippen MR) is 78.9 cm³/mol. The van der Waals surface area contributed by atoms with E-state index in [4.69, 9.17) is 0 Å². The molecule has 19 heavy (non-hydrogen) atoms. The van der Waals surface area contributed by atoms with Crippen LogP contribution >= 0.6 is 0 Å². The number of nitrogens with zero attached hydrogens (tertiary/aromatic N) is 2. The molecule has 3 heteroatoms. The molecule has 0 amide bonds. The van der Waals surface area contributed by atoms with Gasteiger partial charge in [0.25, 0.3) is 0 Å². The zero-order valence-corrected chi connectivity index (χ0v) is 12.5. The van der Waals surface area contributed by atoms with Crippen LogP contribution in [0.5, 0.6) is 0 Å². The Morgan fingerprint density at radius 3 is 2.32 bits per heavy atom. The molecule has 0 aliphatic heterocycles. The Balaban J connectivity index is 1.89. The van der Waals surface area contributed by atoms with Crippen molar-refractivity contribution in [2.24, 2.45) is 11.8 Å². The maximum absolute atomic E-state index is 4.57. The molecule has 0 saturated heterocycles. The number of nitrogens with one attached hydrogen (secondary N) is 1. The standard InChI is InChI=1S/C16H27N3/c1-4-17-9-13-10-18-16(19-11-13)15-7-5-14(6-8-15)12(2)3/h10-12,14-15,17H,4-9H2,1-3H3. The summed E-state index contributed by atoms with van der Waals surface area (Å²) in [5.41, 5.74) is 1.18. The molecule has 1 aromatic heterocycles. The Morgan fingerprint density at radius 2 is 1.79 bits per heavy atom. The van der Waals surface area contributed by atoms with Gasteiger partial charge in [0.1, 0.15) is 5.82 Å². The second-order valence-corrected chi connectivity index (χ2v) is 6.09. The molecule has 0 atom stereocenters. The van der Waals surface area contributed by atoms with Crippen LogP contribution in [0.4, 0.5) is 0 Å². The first-order valence-corrected chi connectivity index (χ1v) is 7.72. The largest absolute Gasteiger partial charge is 0.313 e. The normalized spacial score (nSPS) is 23.8. The Labute approximate surface area is 117 Å². The van der Waals surface area contributed by atoms with E-state index >= 15 is 0 Å². The van der Waals surface area contributed by atoms with Gasteiger partial charge in [0.05, 0.1) is 0 Å². The zero-order valence-electron chi connectivity index (χ0n) is 12.5. The minimum atomic E-state index is 0.586. The first-order valence-electron chi connectivity index (χ1n) is 7.72. The third-order valence-corrected chi connectivity index (χ3v) is 4.38. The van der Waals surface area contributed by atoms with Crippen LogP contribution in [-0.2, 0) is 6.54 Å². The summed E-state index contributed by atoms with van der Waals surface area (Å²) < 4.78 is 0. The highest BCUT2D eigenvalue weighted by atomic mass is 14.9. The maximum Gasteiger partial charge on any atom is 0.131 e. The summed E-state index contributed by atoms with van der Waals surface area (Å²) in [4.78, 5) is 9.15. The summed E-state index contributed by atoms with van der Waals surface area (Å²) in [6, 6.07) is 0. The lowest BCUT2D eigenvalue weighted by Gasteiger charge is -2.30. The Morgan fingerprint density at radius 1 is 1.16 bits per heavy atom. The van der Waals surface area contributed by atoms with Crippen molar-refractivity contribution in [3.05, 3.63) is 23.8 Å². The van der Waals surface area contributed by atoms with Crippen LogP contribution in [-0.4, -0.2) is 16.5 Å². The van der Waals surface area contributed by atoms with Crippen molar-refractivity contribution in [1.82, 2.24) is 15.3 Å². The van der Waals surface area contributed by atoms with E-state index in [-0.39, 0.29) is 0 Å². The number of aromatic nitrogens is 2. The SMILES string of the molecule is CCNCc1cnc(C2CCC(C(C)C)CC2)nc1. The van der Waals surface area contributed by atoms with E-state index in [9.17, 15) is 0 Å². The van der Waals surface area contributed by atoms with E-state index in [1.807, 2.05) is 12.4 Å². The van der Waals surface area contributed by atoms with Gasteiger partial charge in [-0.2, -0.15) is 0 Å². The van der Waals surface area contributed by atoms with E-state index in [0.717, 1.165) is 30.7 Å². The summed E-state index contributed by atoms with van der Waals surface area (Å²) in [7, 11) is 0. The fourth-order valence-electron chi connectivity index (χ4n) is 2.98. The van der Waals surface area contributed by atoms with Gasteiger partial charge in [-0.15, -0.1) is 0 Å². The first-order chi connectivity index (χ1) is 9.20. The average Bonchev–Trinajstić information content (AvgIpc) is 2.46. The molecule has 1 heterocycles. The lowest BCUT2D eigenvalue weighted by Crippen LogP contribution is -2.19. The minimum Gasteiger partial charge on any atom is -0.313 e. The molecule has 1 fully saturated rings. The highest BCUT2D eigenvalue weighted by Gasteiger charge is 2.25. The summed E-state index contributed by atoms with van der Waals surface area (Å²) in [6.45, 7) is 8.66. The lowest BCUT2D eigenvalue weighted by molar-refractivity contribution is 0.254. The van der Waals surface area contributed by atoms with Gasteiger partial charge in [-0.25, -0.2) is 9.97 Å². The van der Waals surface area contributed by atoms with Crippen molar-refractivity contribution in [3.63, 3.8) is 0 Å². The molecular weight excluding hydrogens is 234 g/mol. The summed E-state index contributed by atoms with van der Waals surface area (Å²) in [5.74, 6) is 3.37. The van der Waals surface area contributed by atoms with E-state index in [2.05, 4.69) is 36.1 Å². The molecule has 2 rings (SSSR count). The number of hydrogen-bond donors (Lipinski definition) is 1. The molecule has 0 radical (unpaired) electrons. The highest BCUT2D eigenvalue weighted by molar-refractivity contribution is 5.08. The van der Waals surface area contributed by atoms with Gasteiger partial charge in [0, 0.05) is 30.4 Å². The van der Waals surface area contributed by atoms with Crippen LogP contribution in [0, 0.1) is 11.8 Å². The van der Waals surface area contributed by atoms with Gasteiger partial charge in [-0.05, 0) is 44.1 Å². The molecule has 1 aliphatic rings. The van der Waals surface area contributed by atoms with Crippen molar-refractivity contribution in [2.75, 3.05) is 6.54 Å². The fraction of sp³-hybridized carbons (Fsp3) is 0.750. The van der Waals surface area contributed by atoms with Crippen molar-refractivity contribution in [1.29, 1.82) is 0 Å². The van der Waals surface area contributed by atoms with Crippen LogP contribution in [0.15, 0.2) is 12.4 Å². The molecular formula is C16H27N3. The smallest absolute Gasteiger partial charge is 0.131 e. The van der Waals surface area contributed by atoms with Gasteiger partial charge in [-0.1, -0.05) is 20.8 Å². The minimum absolute atomic E-state index is 0.586. The highest BCUT2D eigenvalue weighted by Crippen LogP contribution is 2.37. The van der Waals surface area contributed by atoms with Gasteiger partial charge in [0.2, 0.25) is 0 Å². The Kier molecular flexibility index (Phi) is 5.32. The summed E-state index contributed by atoms with van der Waals surface area (Å²) in [5, 5.41) is 3.30. The van der Waals surface area contributed by atoms with Crippen LogP contribution in [0.1, 0.15) is 63.8 Å². The van der Waals surface area contributed by atoms with Gasteiger partial charge < -0.3 is 5.32 Å². The molecule has 1 aromatic rings. The maximum atomic E-state index is 4.57. The third kappa shape index (κ3) is 4.00. The van der Waals surface area contributed by atoms with E-state index in [0.29, 0.717) is 5.92 Å². The fourth-order valence-corrected chi connectivity index (χ4v) is 2.98. The first kappa shape index (κ1) is 14.4. The summed E-state index contributed by atoms with van der Waals surface area (Å²) in [6.07, 6.45) is 9.17. The molecule has 1 aliphatic carbocycles. The van der Waals surface area contributed by atoms with Crippen LogP contribution < -0.4 is 5.32 Å². The molecule has 1 saturated carbocycles.